The summed E-state index contributed by atoms with van der Waals surface area (Å²) in [6, 6.07) is 1.16. The van der Waals surface area contributed by atoms with Crippen LogP contribution in [0.25, 0.3) is 4.96 Å². The van der Waals surface area contributed by atoms with Gasteiger partial charge < -0.3 is 5.32 Å². The topological polar surface area (TPSA) is 55.1 Å². The van der Waals surface area contributed by atoms with Crippen molar-refractivity contribution in [2.75, 3.05) is 0 Å². The van der Waals surface area contributed by atoms with Crippen LogP contribution in [0.15, 0.2) is 0 Å². The zero-order chi connectivity index (χ0) is 12.8. The Morgan fingerprint density at radius 2 is 2.21 bits per heavy atom. The summed E-state index contributed by atoms with van der Waals surface area (Å²) in [6.45, 7) is 2.10. The lowest BCUT2D eigenvalue weighted by Gasteiger charge is -2.24. The van der Waals surface area contributed by atoms with Gasteiger partial charge in [0, 0.05) is 12.5 Å². The van der Waals surface area contributed by atoms with Crippen molar-refractivity contribution in [2.45, 2.75) is 57.5 Å². The van der Waals surface area contributed by atoms with Crippen LogP contribution in [0.1, 0.15) is 55.9 Å². The minimum atomic E-state index is 0.435. The number of hydrogen-bond acceptors (Lipinski definition) is 5. The summed E-state index contributed by atoms with van der Waals surface area (Å²) in [4.78, 5) is 0.934. The summed E-state index contributed by atoms with van der Waals surface area (Å²) < 4.78 is 1.92. The number of fused-ring (bicyclic) bond motifs is 2. The van der Waals surface area contributed by atoms with Gasteiger partial charge in [-0.1, -0.05) is 31.1 Å². The molecule has 2 fully saturated rings. The molecule has 1 N–H and O–H groups in total. The Balaban J connectivity index is 1.62. The monoisotopic (exact) mass is 277 g/mol. The molecule has 19 heavy (non-hydrogen) atoms. The lowest BCUT2D eigenvalue weighted by Crippen LogP contribution is -2.30. The highest BCUT2D eigenvalue weighted by Crippen LogP contribution is 2.39. The van der Waals surface area contributed by atoms with Crippen LogP contribution >= 0.6 is 11.3 Å². The molecule has 2 aliphatic rings. The van der Waals surface area contributed by atoms with Crippen molar-refractivity contribution in [3.05, 3.63) is 10.8 Å². The van der Waals surface area contributed by atoms with Crippen molar-refractivity contribution in [2.24, 2.45) is 5.92 Å². The Morgan fingerprint density at radius 1 is 1.32 bits per heavy atom. The molecular weight excluding hydrogens is 258 g/mol. The van der Waals surface area contributed by atoms with Gasteiger partial charge in [-0.2, -0.15) is 9.61 Å². The number of aromatic nitrogens is 4. The minimum absolute atomic E-state index is 0.435. The molecule has 3 atom stereocenters. The van der Waals surface area contributed by atoms with Crippen molar-refractivity contribution >= 4 is 16.3 Å². The average Bonchev–Trinajstić information content (AvgIpc) is 3.10. The third kappa shape index (κ3) is 1.89. The molecule has 0 spiro atoms. The van der Waals surface area contributed by atoms with Gasteiger partial charge >= 0.3 is 0 Å². The average molecular weight is 277 g/mol. The molecule has 0 aromatic carbocycles. The third-order valence-electron chi connectivity index (χ3n) is 4.55. The molecule has 3 heterocycles. The van der Waals surface area contributed by atoms with Crippen LogP contribution in [0, 0.1) is 5.92 Å². The molecule has 0 bridgehead atoms. The van der Waals surface area contributed by atoms with E-state index < -0.39 is 0 Å². The van der Waals surface area contributed by atoms with Crippen molar-refractivity contribution in [3.63, 3.8) is 0 Å². The fourth-order valence-corrected chi connectivity index (χ4v) is 4.47. The Labute approximate surface area is 116 Å². The van der Waals surface area contributed by atoms with E-state index in [1.54, 1.807) is 11.3 Å². The maximum absolute atomic E-state index is 4.73. The van der Waals surface area contributed by atoms with Gasteiger partial charge in [-0.3, -0.25) is 0 Å². The first-order chi connectivity index (χ1) is 9.35. The van der Waals surface area contributed by atoms with Crippen molar-refractivity contribution in [3.8, 4) is 0 Å². The molecule has 0 amide bonds. The molecule has 5 nitrogen and oxygen atoms in total. The van der Waals surface area contributed by atoms with Crippen LogP contribution in [0.3, 0.4) is 0 Å². The first kappa shape index (κ1) is 11.8. The van der Waals surface area contributed by atoms with Gasteiger partial charge in [-0.05, 0) is 25.2 Å². The van der Waals surface area contributed by atoms with Crippen LogP contribution in [-0.4, -0.2) is 25.9 Å². The van der Waals surface area contributed by atoms with Gasteiger partial charge in [0.25, 0.3) is 0 Å². The lowest BCUT2D eigenvalue weighted by atomic mass is 9.85. The molecule has 1 saturated carbocycles. The second-order valence-corrected chi connectivity index (χ2v) is 6.70. The fraction of sp³-hybridized carbons (Fsp3) is 0.769. The van der Waals surface area contributed by atoms with E-state index in [-0.39, 0.29) is 0 Å². The first-order valence-corrected chi connectivity index (χ1v) is 8.14. The van der Waals surface area contributed by atoms with Gasteiger partial charge in [-0.15, -0.1) is 10.2 Å². The normalized spacial score (nSPS) is 30.9. The number of hydrogen-bond donors (Lipinski definition) is 1. The van der Waals surface area contributed by atoms with Crippen LogP contribution in [0.2, 0.25) is 0 Å². The van der Waals surface area contributed by atoms with E-state index in [9.17, 15) is 0 Å². The van der Waals surface area contributed by atoms with Crippen molar-refractivity contribution in [1.82, 2.24) is 25.1 Å². The minimum Gasteiger partial charge on any atom is -0.305 e. The molecule has 1 saturated heterocycles. The lowest BCUT2D eigenvalue weighted by molar-refractivity contribution is 0.325. The predicted molar refractivity (Wildman–Crippen MR) is 74.3 cm³/mol. The second-order valence-electron chi connectivity index (χ2n) is 5.71. The second kappa shape index (κ2) is 4.52. The van der Waals surface area contributed by atoms with Gasteiger partial charge in [-0.25, -0.2) is 0 Å². The van der Waals surface area contributed by atoms with Crippen molar-refractivity contribution in [1.29, 1.82) is 0 Å². The molecule has 3 unspecified atom stereocenters. The summed E-state index contributed by atoms with van der Waals surface area (Å²) >= 11 is 1.69. The molecule has 1 aliphatic heterocycles. The third-order valence-corrected chi connectivity index (χ3v) is 5.56. The number of aryl methyl sites for hydroxylation is 1. The summed E-state index contributed by atoms with van der Waals surface area (Å²) in [5.74, 6) is 1.83. The Kier molecular flexibility index (Phi) is 2.81. The Bertz CT molecular complexity index is 575. The SMILES string of the molecule is CCc1nnc2sc(C3CC4CCCCC4N3)nn12. The van der Waals surface area contributed by atoms with E-state index in [1.807, 2.05) is 4.52 Å². The van der Waals surface area contributed by atoms with Crippen LogP contribution in [0.4, 0.5) is 0 Å². The maximum Gasteiger partial charge on any atom is 0.234 e. The van der Waals surface area contributed by atoms with E-state index in [2.05, 4.69) is 22.4 Å². The largest absolute Gasteiger partial charge is 0.305 e. The molecular formula is C13H19N5S. The predicted octanol–water partition coefficient (Wildman–Crippen LogP) is 2.34. The molecule has 2 aromatic rings. The maximum atomic E-state index is 4.73. The van der Waals surface area contributed by atoms with E-state index in [4.69, 9.17) is 5.10 Å². The van der Waals surface area contributed by atoms with Crippen molar-refractivity contribution < 1.29 is 0 Å². The van der Waals surface area contributed by atoms with E-state index in [0.717, 1.165) is 29.2 Å². The molecule has 1 aliphatic carbocycles. The van der Waals surface area contributed by atoms with Crippen LogP contribution < -0.4 is 5.32 Å². The first-order valence-electron chi connectivity index (χ1n) is 7.32. The quantitative estimate of drug-likeness (QED) is 0.915. The highest BCUT2D eigenvalue weighted by molar-refractivity contribution is 7.16. The van der Waals surface area contributed by atoms with E-state index >= 15 is 0 Å². The van der Waals surface area contributed by atoms with Gasteiger partial charge in [0.1, 0.15) is 5.01 Å². The van der Waals surface area contributed by atoms with Crippen LogP contribution in [-0.2, 0) is 6.42 Å². The smallest absolute Gasteiger partial charge is 0.234 e. The highest BCUT2D eigenvalue weighted by atomic mass is 32.1. The molecule has 4 rings (SSSR count). The molecule has 102 valence electrons. The Hall–Kier alpha value is -1.01. The van der Waals surface area contributed by atoms with E-state index in [0.29, 0.717) is 6.04 Å². The summed E-state index contributed by atoms with van der Waals surface area (Å²) in [6.07, 6.45) is 7.64. The number of rotatable bonds is 2. The van der Waals surface area contributed by atoms with Crippen LogP contribution in [0.5, 0.6) is 0 Å². The molecule has 0 radical (unpaired) electrons. The van der Waals surface area contributed by atoms with Gasteiger partial charge in [0.15, 0.2) is 5.82 Å². The summed E-state index contributed by atoms with van der Waals surface area (Å²) in [7, 11) is 0. The summed E-state index contributed by atoms with van der Waals surface area (Å²) in [5, 5.41) is 18.1. The molecule has 6 heteroatoms. The zero-order valence-corrected chi connectivity index (χ0v) is 12.0. The fourth-order valence-electron chi connectivity index (χ4n) is 3.54. The van der Waals surface area contributed by atoms with Gasteiger partial charge in [0.2, 0.25) is 4.96 Å². The standard InChI is InChI=1S/C13H19N5S/c1-2-11-15-16-13-18(11)17-12(19-13)10-7-8-5-3-4-6-9(8)14-10/h8-10,14H,2-7H2,1H3. The Morgan fingerprint density at radius 3 is 3.05 bits per heavy atom. The summed E-state index contributed by atoms with van der Waals surface area (Å²) in [5.41, 5.74) is 0. The van der Waals surface area contributed by atoms with E-state index in [1.165, 1.54) is 37.1 Å². The highest BCUT2D eigenvalue weighted by Gasteiger charge is 2.37. The number of nitrogens with one attached hydrogen (secondary N) is 1. The molecule has 2 aromatic heterocycles. The zero-order valence-electron chi connectivity index (χ0n) is 11.2. The van der Waals surface area contributed by atoms with Gasteiger partial charge in [0.05, 0.1) is 6.04 Å². The number of nitrogens with zero attached hydrogens (tertiary/aromatic N) is 4.